The Kier molecular flexibility index (Phi) is 12.1. The first-order chi connectivity index (χ1) is 30.5. The van der Waals surface area contributed by atoms with Gasteiger partial charge in [-0.15, -0.1) is 32.9 Å². The van der Waals surface area contributed by atoms with Gasteiger partial charge in [0.2, 0.25) is 11.8 Å². The van der Waals surface area contributed by atoms with E-state index < -0.39 is 18.1 Å². The normalized spacial score (nSPS) is 18.3. The number of nitrogens with one attached hydrogen (secondary N) is 1. The van der Waals surface area contributed by atoms with Crippen LogP contribution in [0.3, 0.4) is 0 Å². The number of hydrogen-bond donors (Lipinski definition) is 3. The Balaban J connectivity index is 0.802. The smallest absolute Gasteiger partial charge is 0.243 e. The maximum Gasteiger partial charge on any atom is 0.243 e. The topological polar surface area (TPSA) is 184 Å². The standard InChI is InChI=1S/C47H49N9O5S2/c1-26(2)43(47(60)56-23-34(57)19-38(56)45(59)51-27(3)29-9-11-31(12-10-29)44-28(4)50-25-62-44)40-20-36(54-61-40)33-21-48-42(49-22-33)24-55-15-13-30(14-16-55)41-18-32-17-37(52-53-46(32)63-41)35-7-5-6-8-39(35)58/h5-12,17-18,20-22,25-27,30,34,38,43,57-58H,13-16,19,23-24H2,1-4H3,(H,51,59)/t27-,34+,38-,43?/m0/s1. The van der Waals surface area contributed by atoms with Crippen molar-refractivity contribution in [2.45, 2.75) is 83.5 Å². The predicted molar refractivity (Wildman–Crippen MR) is 242 cm³/mol. The van der Waals surface area contributed by atoms with Crippen molar-refractivity contribution in [1.82, 2.24) is 45.4 Å². The fourth-order valence-corrected chi connectivity index (χ4v) is 10.7. The molecule has 0 spiro atoms. The van der Waals surface area contributed by atoms with E-state index in [0.29, 0.717) is 46.6 Å². The van der Waals surface area contributed by atoms with Crippen molar-refractivity contribution < 1.29 is 24.3 Å². The van der Waals surface area contributed by atoms with Crippen LogP contribution in [0.5, 0.6) is 5.75 Å². The summed E-state index contributed by atoms with van der Waals surface area (Å²) in [5.74, 6) is 0.184. The summed E-state index contributed by atoms with van der Waals surface area (Å²) in [6.07, 6.45) is 4.80. The molecule has 1 unspecified atom stereocenters. The lowest BCUT2D eigenvalue weighted by Gasteiger charge is -2.30. The van der Waals surface area contributed by atoms with Crippen LogP contribution >= 0.6 is 22.7 Å². The van der Waals surface area contributed by atoms with Crippen molar-refractivity contribution >= 4 is 44.7 Å². The second-order valence-corrected chi connectivity index (χ2v) is 18.9. The van der Waals surface area contributed by atoms with Gasteiger partial charge >= 0.3 is 0 Å². The van der Waals surface area contributed by atoms with Crippen LogP contribution in [0.15, 0.2) is 89.2 Å². The first-order valence-corrected chi connectivity index (χ1v) is 23.0. The number of phenols is 1. The molecule has 3 N–H and O–H groups in total. The molecule has 0 aliphatic carbocycles. The number of aromatic nitrogens is 6. The zero-order chi connectivity index (χ0) is 43.8. The summed E-state index contributed by atoms with van der Waals surface area (Å²) in [6, 6.07) is 20.0. The number of benzene rings is 2. The minimum atomic E-state index is -0.833. The number of β-amino-alcohol motifs (C(OH)–C–C–N with tert-alkyl or cyclic N) is 1. The Hall–Kier alpha value is -5.94. The van der Waals surface area contributed by atoms with Crippen molar-refractivity contribution in [3.63, 3.8) is 0 Å². The van der Waals surface area contributed by atoms with Crippen molar-refractivity contribution in [1.29, 1.82) is 0 Å². The molecule has 7 heterocycles. The van der Waals surface area contributed by atoms with E-state index in [1.54, 1.807) is 53.3 Å². The summed E-state index contributed by atoms with van der Waals surface area (Å²) in [5.41, 5.74) is 7.32. The fourth-order valence-electron chi connectivity index (χ4n) is 8.73. The van der Waals surface area contributed by atoms with E-state index in [2.05, 4.69) is 46.6 Å². The number of carbonyl (C=O) groups is 2. The van der Waals surface area contributed by atoms with Crippen LogP contribution in [0.1, 0.15) is 85.6 Å². The summed E-state index contributed by atoms with van der Waals surface area (Å²) in [4.78, 5) is 48.9. The molecule has 2 saturated heterocycles. The van der Waals surface area contributed by atoms with Gasteiger partial charge in [-0.3, -0.25) is 14.5 Å². The number of para-hydroxylation sites is 1. The number of aromatic hydroxyl groups is 1. The molecule has 7 aromatic rings. The van der Waals surface area contributed by atoms with Gasteiger partial charge in [-0.05, 0) is 87.0 Å². The Bertz CT molecular complexity index is 2730. The predicted octanol–water partition coefficient (Wildman–Crippen LogP) is 7.90. The molecule has 63 heavy (non-hydrogen) atoms. The van der Waals surface area contributed by atoms with Gasteiger partial charge in [0, 0.05) is 52.8 Å². The Morgan fingerprint density at radius 3 is 2.41 bits per heavy atom. The van der Waals surface area contributed by atoms with Crippen LogP contribution in [-0.2, 0) is 16.1 Å². The number of carbonyl (C=O) groups excluding carboxylic acids is 2. The number of thiazole rings is 1. The third-order valence-electron chi connectivity index (χ3n) is 12.2. The molecule has 324 valence electrons. The number of aliphatic hydroxyl groups excluding tert-OH is 1. The van der Waals surface area contributed by atoms with E-state index in [0.717, 1.165) is 57.8 Å². The number of piperidine rings is 1. The first kappa shape index (κ1) is 42.4. The molecule has 2 aromatic carbocycles. The highest BCUT2D eigenvalue weighted by Crippen LogP contribution is 2.38. The molecule has 0 radical (unpaired) electrons. The number of fused-ring (bicyclic) bond motifs is 1. The fraction of sp³-hybridized carbons (Fsp3) is 0.362. The molecule has 2 amide bonds. The molecule has 2 aliphatic heterocycles. The summed E-state index contributed by atoms with van der Waals surface area (Å²) in [6.45, 7) is 10.2. The third-order valence-corrected chi connectivity index (χ3v) is 14.4. The maximum atomic E-state index is 14.3. The van der Waals surface area contributed by atoms with E-state index in [-0.39, 0.29) is 42.5 Å². The summed E-state index contributed by atoms with van der Waals surface area (Å²) < 4.78 is 5.82. The summed E-state index contributed by atoms with van der Waals surface area (Å²) in [5, 5.41) is 38.3. The number of rotatable bonds is 12. The molecular weight excluding hydrogens is 835 g/mol. The second kappa shape index (κ2) is 18.0. The largest absolute Gasteiger partial charge is 0.507 e. The number of likely N-dealkylation sites (tertiary alicyclic amines) is 2. The highest BCUT2D eigenvalue weighted by Gasteiger charge is 2.43. The minimum Gasteiger partial charge on any atom is -0.507 e. The number of hydrogen-bond acceptors (Lipinski definition) is 14. The van der Waals surface area contributed by atoms with Gasteiger partial charge in [-0.1, -0.05) is 55.4 Å². The Morgan fingerprint density at radius 1 is 0.937 bits per heavy atom. The van der Waals surface area contributed by atoms with E-state index in [1.165, 1.54) is 9.78 Å². The highest BCUT2D eigenvalue weighted by molar-refractivity contribution is 7.18. The summed E-state index contributed by atoms with van der Waals surface area (Å²) >= 11 is 3.28. The zero-order valence-electron chi connectivity index (χ0n) is 35.5. The second-order valence-electron chi connectivity index (χ2n) is 16.9. The molecule has 0 saturated carbocycles. The number of phenolic OH excluding ortho intramolecular Hbond substituents is 1. The number of amides is 2. The van der Waals surface area contributed by atoms with E-state index in [4.69, 9.17) is 4.52 Å². The van der Waals surface area contributed by atoms with Crippen molar-refractivity contribution in [3.8, 4) is 38.7 Å². The average molecular weight is 884 g/mol. The van der Waals surface area contributed by atoms with Crippen LogP contribution in [-0.4, -0.2) is 93.9 Å². The number of thiophene rings is 1. The van der Waals surface area contributed by atoms with Gasteiger partial charge in [0.25, 0.3) is 0 Å². The molecule has 2 aliphatic rings. The number of aliphatic hydroxyl groups is 1. The molecule has 9 rings (SSSR count). The van der Waals surface area contributed by atoms with Gasteiger partial charge in [0.1, 0.15) is 39.8 Å². The Morgan fingerprint density at radius 2 is 1.70 bits per heavy atom. The van der Waals surface area contributed by atoms with Crippen LogP contribution in [0, 0.1) is 12.8 Å². The van der Waals surface area contributed by atoms with Crippen molar-refractivity contribution in [2.24, 2.45) is 5.92 Å². The quantitative estimate of drug-likeness (QED) is 0.108. The van der Waals surface area contributed by atoms with Crippen LogP contribution in [0.2, 0.25) is 0 Å². The van der Waals surface area contributed by atoms with Gasteiger partial charge in [-0.25, -0.2) is 15.0 Å². The first-order valence-electron chi connectivity index (χ1n) is 21.3. The van der Waals surface area contributed by atoms with Gasteiger partial charge in [-0.2, -0.15) is 0 Å². The number of aryl methyl sites for hydroxylation is 1. The molecule has 14 nitrogen and oxygen atoms in total. The van der Waals surface area contributed by atoms with Crippen molar-refractivity contribution in [3.05, 3.63) is 112 Å². The van der Waals surface area contributed by atoms with Crippen LogP contribution in [0.4, 0.5) is 0 Å². The van der Waals surface area contributed by atoms with E-state index in [9.17, 15) is 19.8 Å². The van der Waals surface area contributed by atoms with Crippen LogP contribution in [0.25, 0.3) is 43.2 Å². The molecular formula is C47H49N9O5S2. The molecule has 5 aromatic heterocycles. The average Bonchev–Trinajstić information content (AvgIpc) is 4.11. The molecule has 2 fully saturated rings. The number of nitrogens with zero attached hydrogens (tertiary/aromatic N) is 8. The van der Waals surface area contributed by atoms with E-state index >= 15 is 0 Å². The van der Waals surface area contributed by atoms with Gasteiger partial charge in [0.05, 0.1) is 40.5 Å². The molecule has 4 atom stereocenters. The maximum absolute atomic E-state index is 14.3. The van der Waals surface area contributed by atoms with Gasteiger partial charge in [0.15, 0.2) is 0 Å². The molecule has 16 heteroatoms. The summed E-state index contributed by atoms with van der Waals surface area (Å²) in [7, 11) is 0. The lowest BCUT2D eigenvalue weighted by Crippen LogP contribution is -2.48. The SMILES string of the molecule is Cc1ncsc1-c1ccc([C@H](C)NC(=O)[C@@H]2C[C@@H](O)CN2C(=O)C(c2cc(-c3cnc(CN4CCC(c5cc6cc(-c7ccccc7O)nnc6s5)CC4)nc3)no2)C(C)C)cc1. The van der Waals surface area contributed by atoms with Crippen LogP contribution < -0.4 is 5.32 Å². The molecule has 0 bridgehead atoms. The lowest BCUT2D eigenvalue weighted by atomic mass is 9.91. The third kappa shape index (κ3) is 8.98. The van der Waals surface area contributed by atoms with Crippen molar-refractivity contribution in [2.75, 3.05) is 19.6 Å². The van der Waals surface area contributed by atoms with E-state index in [1.807, 2.05) is 75.7 Å². The lowest BCUT2D eigenvalue weighted by molar-refractivity contribution is -0.141. The minimum absolute atomic E-state index is 0.0500. The monoisotopic (exact) mass is 883 g/mol. The zero-order valence-corrected chi connectivity index (χ0v) is 37.1. The highest BCUT2D eigenvalue weighted by atomic mass is 32.1. The van der Waals surface area contributed by atoms with Gasteiger partial charge < -0.3 is 25.0 Å². The Labute approximate surface area is 373 Å².